The van der Waals surface area contributed by atoms with Crippen molar-refractivity contribution in [3.63, 3.8) is 0 Å². The number of fused-ring (bicyclic) bond motifs is 2. The third-order valence-electron chi connectivity index (χ3n) is 6.84. The number of H-pyrrole nitrogens is 2. The Morgan fingerprint density at radius 1 is 0.688 bits per heavy atom. The second kappa shape index (κ2) is 7.98. The molecule has 0 aliphatic carbocycles. The van der Waals surface area contributed by atoms with E-state index in [0.717, 1.165) is 40.8 Å². The number of nitrogens with one attached hydrogen (secondary N) is 2. The molecule has 0 aliphatic heterocycles. The zero-order valence-electron chi connectivity index (χ0n) is 19.1. The van der Waals surface area contributed by atoms with Crippen molar-refractivity contribution in [1.29, 1.82) is 0 Å². The van der Waals surface area contributed by atoms with Crippen LogP contribution in [0.1, 0.15) is 59.0 Å². The zero-order chi connectivity index (χ0) is 22.4. The van der Waals surface area contributed by atoms with E-state index in [4.69, 9.17) is 0 Å². The molecule has 2 N–H and O–H groups in total. The molecule has 2 heterocycles. The molecule has 2 nitrogen and oxygen atoms in total. The number of aryl methyl sites for hydroxylation is 4. The highest BCUT2D eigenvalue weighted by Gasteiger charge is 2.28. The van der Waals surface area contributed by atoms with E-state index in [9.17, 15) is 4.39 Å². The van der Waals surface area contributed by atoms with Crippen LogP contribution in [0.5, 0.6) is 0 Å². The average molecular weight is 425 g/mol. The van der Waals surface area contributed by atoms with E-state index in [0.29, 0.717) is 0 Å². The lowest BCUT2D eigenvalue weighted by molar-refractivity contribution is 0.627. The van der Waals surface area contributed by atoms with E-state index in [1.165, 1.54) is 33.0 Å². The van der Waals surface area contributed by atoms with Crippen LogP contribution in [-0.2, 0) is 12.8 Å². The maximum absolute atomic E-state index is 13.9. The molecule has 0 saturated carbocycles. The van der Waals surface area contributed by atoms with Crippen molar-refractivity contribution >= 4 is 21.8 Å². The minimum absolute atomic E-state index is 0.00139. The van der Waals surface area contributed by atoms with Crippen LogP contribution in [-0.4, -0.2) is 9.97 Å². The number of aromatic nitrogens is 2. The summed E-state index contributed by atoms with van der Waals surface area (Å²) in [6, 6.07) is 20.1. The molecule has 0 aliphatic rings. The second-order valence-corrected chi connectivity index (χ2v) is 8.70. The van der Waals surface area contributed by atoms with Crippen LogP contribution in [0.25, 0.3) is 21.8 Å². The molecule has 3 heteroatoms. The first kappa shape index (κ1) is 20.6. The summed E-state index contributed by atoms with van der Waals surface area (Å²) in [6.07, 6.45) is 1.93. The van der Waals surface area contributed by atoms with Crippen LogP contribution < -0.4 is 0 Å². The Morgan fingerprint density at radius 3 is 1.59 bits per heavy atom. The highest BCUT2D eigenvalue weighted by atomic mass is 19.1. The number of benzene rings is 3. The highest BCUT2D eigenvalue weighted by molar-refractivity contribution is 5.93. The number of rotatable bonds is 5. The Labute approximate surface area is 188 Å². The maximum atomic E-state index is 13.9. The van der Waals surface area contributed by atoms with Crippen LogP contribution in [0.2, 0.25) is 0 Å². The van der Waals surface area contributed by atoms with Crippen LogP contribution in [0, 0.1) is 19.7 Å². The Morgan fingerprint density at radius 2 is 1.16 bits per heavy atom. The lowest BCUT2D eigenvalue weighted by atomic mass is 9.80. The number of halogens is 1. The van der Waals surface area contributed by atoms with Crippen molar-refractivity contribution in [2.24, 2.45) is 0 Å². The van der Waals surface area contributed by atoms with E-state index >= 15 is 0 Å². The molecule has 0 radical (unpaired) electrons. The van der Waals surface area contributed by atoms with E-state index in [2.05, 4.69) is 74.1 Å². The molecule has 0 bridgehead atoms. The van der Waals surface area contributed by atoms with Crippen LogP contribution in [0.4, 0.5) is 4.39 Å². The molecule has 2 aromatic heterocycles. The Kier molecular flexibility index (Phi) is 5.13. The van der Waals surface area contributed by atoms with Gasteiger partial charge in [0.05, 0.1) is 0 Å². The van der Waals surface area contributed by atoms with Gasteiger partial charge in [-0.2, -0.15) is 0 Å². The topological polar surface area (TPSA) is 31.6 Å². The fraction of sp³-hybridized carbons (Fsp3) is 0.241. The monoisotopic (exact) mass is 424 g/mol. The number of hydrogen-bond donors (Lipinski definition) is 2. The predicted molar refractivity (Wildman–Crippen MR) is 132 cm³/mol. The van der Waals surface area contributed by atoms with Gasteiger partial charge in [0, 0.05) is 39.1 Å². The van der Waals surface area contributed by atoms with Gasteiger partial charge in [-0.25, -0.2) is 4.39 Å². The maximum Gasteiger partial charge on any atom is 0.123 e. The Hall–Kier alpha value is -3.33. The molecule has 5 aromatic rings. The van der Waals surface area contributed by atoms with Crippen molar-refractivity contribution in [2.75, 3.05) is 0 Å². The molecular weight excluding hydrogens is 395 g/mol. The van der Waals surface area contributed by atoms with Gasteiger partial charge in [0.15, 0.2) is 0 Å². The van der Waals surface area contributed by atoms with E-state index in [-0.39, 0.29) is 11.7 Å². The van der Waals surface area contributed by atoms with Gasteiger partial charge in [0.25, 0.3) is 0 Å². The number of hydrogen-bond acceptors (Lipinski definition) is 0. The van der Waals surface area contributed by atoms with Crippen LogP contribution >= 0.6 is 0 Å². The molecule has 0 fully saturated rings. The molecule has 0 unspecified atom stereocenters. The van der Waals surface area contributed by atoms with Crippen molar-refractivity contribution in [2.45, 2.75) is 46.5 Å². The van der Waals surface area contributed by atoms with Crippen molar-refractivity contribution < 1.29 is 4.39 Å². The standard InChI is InChI=1S/C29H29FN2/c1-5-19-9-7-11-23-27(19)25(17(3)31-23)29(21-13-15-22(30)16-14-21)26-18(4)32-24-12-8-10-20(6-2)28(24)26/h7-16,29,31-32H,5-6H2,1-4H3. The van der Waals surface area contributed by atoms with Gasteiger partial charge in [-0.1, -0.05) is 50.2 Å². The minimum atomic E-state index is -0.206. The lowest BCUT2D eigenvalue weighted by Gasteiger charge is -2.21. The fourth-order valence-corrected chi connectivity index (χ4v) is 5.40. The molecule has 162 valence electrons. The summed E-state index contributed by atoms with van der Waals surface area (Å²) in [6.45, 7) is 8.74. The van der Waals surface area contributed by atoms with Crippen LogP contribution in [0.15, 0.2) is 60.7 Å². The van der Waals surface area contributed by atoms with Gasteiger partial charge in [0.1, 0.15) is 5.82 Å². The molecule has 5 rings (SSSR count). The van der Waals surface area contributed by atoms with Gasteiger partial charge >= 0.3 is 0 Å². The largest absolute Gasteiger partial charge is 0.358 e. The first-order chi connectivity index (χ1) is 15.5. The molecule has 0 amide bonds. The van der Waals surface area contributed by atoms with Crippen molar-refractivity contribution in [3.05, 3.63) is 106 Å². The third-order valence-corrected chi connectivity index (χ3v) is 6.84. The van der Waals surface area contributed by atoms with Crippen LogP contribution in [0.3, 0.4) is 0 Å². The molecule has 3 aromatic carbocycles. The van der Waals surface area contributed by atoms with E-state index in [1.807, 2.05) is 12.1 Å². The molecule has 0 atom stereocenters. The first-order valence-electron chi connectivity index (χ1n) is 11.5. The van der Waals surface area contributed by atoms with Gasteiger partial charge in [-0.3, -0.25) is 0 Å². The van der Waals surface area contributed by atoms with Crippen molar-refractivity contribution in [3.8, 4) is 0 Å². The average Bonchev–Trinajstić information content (AvgIpc) is 3.31. The van der Waals surface area contributed by atoms with Gasteiger partial charge in [-0.15, -0.1) is 0 Å². The normalized spacial score (nSPS) is 11.8. The third kappa shape index (κ3) is 3.15. The molecule has 0 spiro atoms. The van der Waals surface area contributed by atoms with Gasteiger partial charge in [-0.05, 0) is 78.8 Å². The van der Waals surface area contributed by atoms with E-state index in [1.54, 1.807) is 12.1 Å². The van der Waals surface area contributed by atoms with E-state index < -0.39 is 0 Å². The fourth-order valence-electron chi connectivity index (χ4n) is 5.40. The summed E-state index contributed by atoms with van der Waals surface area (Å²) >= 11 is 0. The smallest absolute Gasteiger partial charge is 0.123 e. The summed E-state index contributed by atoms with van der Waals surface area (Å²) in [7, 11) is 0. The second-order valence-electron chi connectivity index (χ2n) is 8.70. The summed E-state index contributed by atoms with van der Waals surface area (Å²) in [5, 5.41) is 2.59. The molecule has 32 heavy (non-hydrogen) atoms. The SMILES string of the molecule is CCc1cccc2[nH]c(C)c(C(c3ccc(F)cc3)c3c(C)[nH]c4cccc(CC)c34)c12. The van der Waals surface area contributed by atoms with Gasteiger partial charge < -0.3 is 9.97 Å². The summed E-state index contributed by atoms with van der Waals surface area (Å²) in [5.74, 6) is -0.208. The predicted octanol–water partition coefficient (Wildman–Crippen LogP) is 7.71. The molecule has 0 saturated heterocycles. The van der Waals surface area contributed by atoms with Gasteiger partial charge in [0.2, 0.25) is 0 Å². The molecular formula is C29H29FN2. The Balaban J connectivity index is 1.92. The first-order valence-corrected chi connectivity index (χ1v) is 11.5. The summed E-state index contributed by atoms with van der Waals surface area (Å²) in [4.78, 5) is 7.27. The Bertz CT molecular complexity index is 1330. The quantitative estimate of drug-likeness (QED) is 0.289. The van der Waals surface area contributed by atoms with Crippen molar-refractivity contribution in [1.82, 2.24) is 9.97 Å². The summed E-state index contributed by atoms with van der Waals surface area (Å²) in [5.41, 5.74) is 11.0. The highest BCUT2D eigenvalue weighted by Crippen LogP contribution is 2.44. The summed E-state index contributed by atoms with van der Waals surface area (Å²) < 4.78 is 13.9. The minimum Gasteiger partial charge on any atom is -0.358 e. The number of aromatic amines is 2. The zero-order valence-corrected chi connectivity index (χ0v) is 19.1. The lowest BCUT2D eigenvalue weighted by Crippen LogP contribution is -2.07.